The minimum atomic E-state index is -2.36. The van der Waals surface area contributed by atoms with Crippen LogP contribution in [0.4, 0.5) is 0 Å². The molecule has 0 radical (unpaired) electrons. The molecule has 1 unspecified atom stereocenters. The van der Waals surface area contributed by atoms with Gasteiger partial charge in [0.25, 0.3) is 0 Å². The van der Waals surface area contributed by atoms with E-state index in [0.717, 1.165) is 37.8 Å². The van der Waals surface area contributed by atoms with Crippen LogP contribution >= 0.6 is 0 Å². The molecule has 47 heavy (non-hydrogen) atoms. The summed E-state index contributed by atoms with van der Waals surface area (Å²) in [5.41, 5.74) is -1.27. The van der Waals surface area contributed by atoms with Gasteiger partial charge in [0, 0.05) is 50.0 Å². The van der Waals surface area contributed by atoms with E-state index in [4.69, 9.17) is 28.4 Å². The van der Waals surface area contributed by atoms with Crippen molar-refractivity contribution in [3.8, 4) is 0 Å². The van der Waals surface area contributed by atoms with Crippen molar-refractivity contribution in [2.45, 2.75) is 135 Å². The number of esters is 4. The standard InChI is InChI=1S/C34H54O13/c1-6-7-8-9-10-12-29(38)46-32-24(20-30(39)42-5)19-26-22-27(23(2)35)45-31(40)21-25(36)14-18-43-16-11-17-44-28(37)13-15-33(3,4)34(32,41)47-26/h13,15,20,23,25-27,32,35-36,41H,6-12,14,16-19,21-22H2,1-5H3/t23-,25-,26?,27-,32+,34-/m1/s1. The molecule has 0 saturated carbocycles. The fraction of sp³-hybridized carbons (Fsp3) is 0.765. The van der Waals surface area contributed by atoms with Crippen molar-refractivity contribution in [2.24, 2.45) is 5.41 Å². The number of aliphatic hydroxyl groups excluding tert-OH is 2. The Labute approximate surface area is 277 Å². The molecule has 3 N–H and O–H groups in total. The van der Waals surface area contributed by atoms with E-state index in [1.54, 1.807) is 13.8 Å². The van der Waals surface area contributed by atoms with Gasteiger partial charge >= 0.3 is 23.9 Å². The summed E-state index contributed by atoms with van der Waals surface area (Å²) in [5, 5.41) is 33.2. The number of hydrogen-bond donors (Lipinski definition) is 3. The van der Waals surface area contributed by atoms with Crippen LogP contribution in [0.25, 0.3) is 0 Å². The van der Waals surface area contributed by atoms with Crippen LogP contribution < -0.4 is 0 Å². The Kier molecular flexibility index (Phi) is 17.0. The molecule has 0 aromatic rings. The Hall–Kier alpha value is -2.84. The van der Waals surface area contributed by atoms with Crippen LogP contribution in [-0.4, -0.2) is 102 Å². The van der Waals surface area contributed by atoms with Gasteiger partial charge in [0.2, 0.25) is 5.79 Å². The lowest BCUT2D eigenvalue weighted by molar-refractivity contribution is -0.327. The third kappa shape index (κ3) is 13.3. The second kappa shape index (κ2) is 19.9. The maximum atomic E-state index is 13.1. The van der Waals surface area contributed by atoms with Gasteiger partial charge in [-0.15, -0.1) is 0 Å². The highest BCUT2D eigenvalue weighted by molar-refractivity contribution is 5.83. The van der Waals surface area contributed by atoms with Crippen molar-refractivity contribution in [2.75, 3.05) is 26.9 Å². The van der Waals surface area contributed by atoms with Crippen LogP contribution in [0.5, 0.6) is 0 Å². The lowest BCUT2D eigenvalue weighted by atomic mass is 9.74. The molecule has 0 amide bonds. The minimum absolute atomic E-state index is 0.0482. The summed E-state index contributed by atoms with van der Waals surface area (Å²) in [4.78, 5) is 50.9. The number of ether oxygens (including phenoxy) is 6. The molecule has 2 aliphatic rings. The first-order valence-corrected chi connectivity index (χ1v) is 16.6. The van der Waals surface area contributed by atoms with Gasteiger partial charge in [-0.3, -0.25) is 9.59 Å². The van der Waals surface area contributed by atoms with Crippen molar-refractivity contribution in [1.82, 2.24) is 0 Å². The normalized spacial score (nSPS) is 29.7. The summed E-state index contributed by atoms with van der Waals surface area (Å²) in [6.45, 7) is 7.10. The Morgan fingerprint density at radius 2 is 1.83 bits per heavy atom. The van der Waals surface area contributed by atoms with Crippen LogP contribution in [0.1, 0.15) is 98.3 Å². The topological polar surface area (TPSA) is 184 Å². The van der Waals surface area contributed by atoms with Gasteiger partial charge in [0.15, 0.2) is 6.10 Å². The molecule has 2 aliphatic heterocycles. The summed E-state index contributed by atoms with van der Waals surface area (Å²) in [5.74, 6) is -5.18. The molecule has 6 atom stereocenters. The Bertz CT molecular complexity index is 1080. The molecule has 13 nitrogen and oxygen atoms in total. The van der Waals surface area contributed by atoms with E-state index in [0.29, 0.717) is 12.8 Å². The average Bonchev–Trinajstić information content (AvgIpc) is 3.00. The number of fused-ring (bicyclic) bond motifs is 2. The van der Waals surface area contributed by atoms with Crippen molar-refractivity contribution in [3.05, 3.63) is 23.8 Å². The van der Waals surface area contributed by atoms with Crippen molar-refractivity contribution in [3.63, 3.8) is 0 Å². The lowest BCUT2D eigenvalue weighted by Crippen LogP contribution is -2.62. The first kappa shape index (κ1) is 40.3. The zero-order chi connectivity index (χ0) is 35.0. The second-order valence-corrected chi connectivity index (χ2v) is 12.8. The van der Waals surface area contributed by atoms with Crippen molar-refractivity contribution < 1.29 is 62.9 Å². The fourth-order valence-electron chi connectivity index (χ4n) is 5.38. The van der Waals surface area contributed by atoms with Gasteiger partial charge in [-0.25, -0.2) is 9.59 Å². The van der Waals surface area contributed by atoms with Gasteiger partial charge in [-0.1, -0.05) is 52.5 Å². The van der Waals surface area contributed by atoms with E-state index in [1.165, 1.54) is 20.1 Å². The molecule has 2 rings (SSSR count). The minimum Gasteiger partial charge on any atom is -0.466 e. The van der Waals surface area contributed by atoms with E-state index in [2.05, 4.69) is 6.92 Å². The Morgan fingerprint density at radius 1 is 1.11 bits per heavy atom. The SMILES string of the molecule is CCCCCCCC(=O)O[C@H]1C(=CC(=O)OC)CC2C[C@H]([C@@H](C)O)OC(=O)C[C@H](O)CCOCCCOC(=O)C=CC(C)(C)[C@]1(O)O2. The molecule has 0 aromatic carbocycles. The van der Waals surface area contributed by atoms with Gasteiger partial charge in [0.1, 0.15) is 6.10 Å². The van der Waals surface area contributed by atoms with Crippen LogP contribution in [0, 0.1) is 5.41 Å². The maximum Gasteiger partial charge on any atom is 0.330 e. The highest BCUT2D eigenvalue weighted by Crippen LogP contribution is 2.46. The summed E-state index contributed by atoms with van der Waals surface area (Å²) in [6, 6.07) is 0. The number of carbonyl (C=O) groups excluding carboxylic acids is 4. The van der Waals surface area contributed by atoms with Gasteiger partial charge in [-0.05, 0) is 31.8 Å². The quantitative estimate of drug-likeness (QED) is 0.141. The third-order valence-corrected chi connectivity index (χ3v) is 8.29. The first-order valence-electron chi connectivity index (χ1n) is 16.6. The van der Waals surface area contributed by atoms with Gasteiger partial charge in [-0.2, -0.15) is 0 Å². The zero-order valence-corrected chi connectivity index (χ0v) is 28.4. The number of methoxy groups -OCH3 is 1. The molecule has 13 heteroatoms. The Morgan fingerprint density at radius 3 is 2.51 bits per heavy atom. The maximum absolute atomic E-state index is 13.1. The van der Waals surface area contributed by atoms with Crippen molar-refractivity contribution >= 4 is 23.9 Å². The largest absolute Gasteiger partial charge is 0.466 e. The van der Waals surface area contributed by atoms with Crippen LogP contribution in [0.2, 0.25) is 0 Å². The zero-order valence-electron chi connectivity index (χ0n) is 28.4. The molecule has 0 aliphatic carbocycles. The number of aliphatic hydroxyl groups is 3. The van der Waals surface area contributed by atoms with E-state index >= 15 is 0 Å². The average molecular weight is 671 g/mol. The summed E-state index contributed by atoms with van der Waals surface area (Å²) in [7, 11) is 1.18. The number of unbranched alkanes of at least 4 members (excludes halogenated alkanes) is 4. The number of rotatable bonds is 9. The Balaban J connectivity index is 2.53. The summed E-state index contributed by atoms with van der Waals surface area (Å²) < 4.78 is 33.2. The van der Waals surface area contributed by atoms with Gasteiger partial charge in [0.05, 0.1) is 38.4 Å². The summed E-state index contributed by atoms with van der Waals surface area (Å²) in [6.07, 6.45) is 2.31. The van der Waals surface area contributed by atoms with E-state index in [1.807, 2.05) is 0 Å². The molecule has 1 saturated heterocycles. The van der Waals surface area contributed by atoms with E-state index < -0.39 is 65.6 Å². The lowest BCUT2D eigenvalue weighted by Gasteiger charge is -2.51. The van der Waals surface area contributed by atoms with E-state index in [9.17, 15) is 34.5 Å². The predicted molar refractivity (Wildman–Crippen MR) is 169 cm³/mol. The fourth-order valence-corrected chi connectivity index (χ4v) is 5.38. The molecule has 2 bridgehead atoms. The number of cyclic esters (lactones) is 2. The smallest absolute Gasteiger partial charge is 0.330 e. The monoisotopic (exact) mass is 670 g/mol. The molecule has 1 fully saturated rings. The van der Waals surface area contributed by atoms with E-state index in [-0.39, 0.29) is 57.5 Å². The number of hydrogen-bond acceptors (Lipinski definition) is 13. The molecule has 0 aromatic heterocycles. The molecular weight excluding hydrogens is 616 g/mol. The third-order valence-electron chi connectivity index (χ3n) is 8.29. The molecule has 2 heterocycles. The molecular formula is C34H54O13. The highest BCUT2D eigenvalue weighted by Gasteiger charge is 2.57. The number of carbonyl (C=O) groups is 4. The predicted octanol–water partition coefficient (Wildman–Crippen LogP) is 3.21. The van der Waals surface area contributed by atoms with Crippen LogP contribution in [-0.2, 0) is 47.6 Å². The summed E-state index contributed by atoms with van der Waals surface area (Å²) >= 11 is 0. The first-order chi connectivity index (χ1) is 22.2. The highest BCUT2D eigenvalue weighted by atomic mass is 16.7. The van der Waals surface area contributed by atoms with Crippen LogP contribution in [0.3, 0.4) is 0 Å². The second-order valence-electron chi connectivity index (χ2n) is 12.8. The van der Waals surface area contributed by atoms with Crippen molar-refractivity contribution in [1.29, 1.82) is 0 Å². The van der Waals surface area contributed by atoms with Crippen LogP contribution in [0.15, 0.2) is 23.8 Å². The molecule has 268 valence electrons. The van der Waals surface area contributed by atoms with Gasteiger partial charge < -0.3 is 43.7 Å². The molecule has 0 spiro atoms.